The number of benzene rings is 2. The molecule has 3 atom stereocenters. The van der Waals surface area contributed by atoms with Crippen LogP contribution in [0.2, 0.25) is 0 Å². The highest BCUT2D eigenvalue weighted by atomic mass is 19.1. The van der Waals surface area contributed by atoms with Crippen LogP contribution in [0, 0.1) is 46.2 Å². The minimum atomic E-state index is -1.50. The second kappa shape index (κ2) is 7.06. The fourth-order valence-corrected chi connectivity index (χ4v) is 4.90. The highest BCUT2D eigenvalue weighted by Crippen LogP contribution is 2.56. The number of fused-ring (bicyclic) bond motifs is 3. The van der Waals surface area contributed by atoms with Crippen LogP contribution >= 0.6 is 0 Å². The van der Waals surface area contributed by atoms with Crippen molar-refractivity contribution in [1.82, 2.24) is 0 Å². The molecule has 0 aliphatic carbocycles. The summed E-state index contributed by atoms with van der Waals surface area (Å²) in [5.41, 5.74) is 1.29. The summed E-state index contributed by atoms with van der Waals surface area (Å²) in [5, 5.41) is 20.6. The molecule has 5 heteroatoms. The van der Waals surface area contributed by atoms with Gasteiger partial charge in [-0.15, -0.1) is 0 Å². The Bertz CT molecular complexity index is 1150. The molecule has 2 aromatic carbocycles. The zero-order valence-corrected chi connectivity index (χ0v) is 18.1. The van der Waals surface area contributed by atoms with Crippen LogP contribution in [0.15, 0.2) is 48.5 Å². The lowest BCUT2D eigenvalue weighted by molar-refractivity contribution is -0.127. The summed E-state index contributed by atoms with van der Waals surface area (Å²) in [5.74, 6) is -1.18. The van der Waals surface area contributed by atoms with Gasteiger partial charge >= 0.3 is 0 Å². The minimum Gasteiger partial charge on any atom is -0.351 e. The van der Waals surface area contributed by atoms with E-state index in [2.05, 4.69) is 12.1 Å². The standard InChI is InChI=1S/C26H24FN3O/c1-16-5-11-20-18(13-16)8-12-21-26(14-28,15-29)22(17-6-9-19(27)10-7-17)23(30(20)21)24(31)25(2,3)4/h5-13,21-23H,1-4H3. The van der Waals surface area contributed by atoms with Gasteiger partial charge in [-0.3, -0.25) is 4.79 Å². The van der Waals surface area contributed by atoms with Crippen LogP contribution in [0.4, 0.5) is 10.1 Å². The zero-order valence-electron chi connectivity index (χ0n) is 18.1. The van der Waals surface area contributed by atoms with Gasteiger partial charge in [-0.05, 0) is 42.3 Å². The van der Waals surface area contributed by atoms with Gasteiger partial charge in [0.2, 0.25) is 0 Å². The van der Waals surface area contributed by atoms with Gasteiger partial charge in [0.15, 0.2) is 11.2 Å². The summed E-state index contributed by atoms with van der Waals surface area (Å²) in [7, 11) is 0. The smallest absolute Gasteiger partial charge is 0.176 e. The van der Waals surface area contributed by atoms with Crippen molar-refractivity contribution in [3.05, 3.63) is 71.0 Å². The number of nitrogens with zero attached hydrogens (tertiary/aromatic N) is 3. The van der Waals surface area contributed by atoms with Crippen molar-refractivity contribution < 1.29 is 9.18 Å². The van der Waals surface area contributed by atoms with Crippen LogP contribution in [0.5, 0.6) is 0 Å². The summed E-state index contributed by atoms with van der Waals surface area (Å²) in [6.07, 6.45) is 3.79. The first-order chi connectivity index (χ1) is 14.6. The molecule has 0 N–H and O–H groups in total. The lowest BCUT2D eigenvalue weighted by atomic mass is 9.68. The molecule has 0 spiro atoms. The minimum absolute atomic E-state index is 0.0546. The molecule has 2 aromatic rings. The SMILES string of the molecule is Cc1ccc2c(c1)C=CC1N2C(C(=O)C(C)(C)C)C(c2ccc(F)cc2)C1(C#N)C#N. The van der Waals surface area contributed by atoms with E-state index in [1.54, 1.807) is 12.1 Å². The lowest BCUT2D eigenvalue weighted by Crippen LogP contribution is -2.47. The number of ketones is 1. The van der Waals surface area contributed by atoms with Crippen molar-refractivity contribution in [3.8, 4) is 12.1 Å². The summed E-state index contributed by atoms with van der Waals surface area (Å²) < 4.78 is 13.7. The number of anilines is 1. The third-order valence-electron chi connectivity index (χ3n) is 6.40. The Balaban J connectivity index is 2.03. The molecule has 0 amide bonds. The third kappa shape index (κ3) is 3.04. The Morgan fingerprint density at radius 2 is 1.74 bits per heavy atom. The molecule has 4 nitrogen and oxygen atoms in total. The van der Waals surface area contributed by atoms with Crippen molar-refractivity contribution in [2.75, 3.05) is 4.90 Å². The summed E-state index contributed by atoms with van der Waals surface area (Å²) >= 11 is 0. The number of hydrogen-bond donors (Lipinski definition) is 0. The Morgan fingerprint density at radius 3 is 2.32 bits per heavy atom. The number of halogens is 1. The van der Waals surface area contributed by atoms with Crippen LogP contribution in [0.25, 0.3) is 6.08 Å². The van der Waals surface area contributed by atoms with E-state index in [4.69, 9.17) is 0 Å². The van der Waals surface area contributed by atoms with Gasteiger partial charge in [-0.1, -0.05) is 56.7 Å². The molecule has 3 unspecified atom stereocenters. The van der Waals surface area contributed by atoms with Gasteiger partial charge < -0.3 is 4.90 Å². The van der Waals surface area contributed by atoms with E-state index in [1.807, 2.05) is 62.9 Å². The van der Waals surface area contributed by atoms with Crippen molar-refractivity contribution in [2.45, 2.75) is 45.7 Å². The van der Waals surface area contributed by atoms with E-state index in [-0.39, 0.29) is 5.78 Å². The second-order valence-corrected chi connectivity index (χ2v) is 9.45. The molecule has 2 aliphatic rings. The van der Waals surface area contributed by atoms with E-state index in [0.717, 1.165) is 16.8 Å². The van der Waals surface area contributed by atoms with E-state index in [9.17, 15) is 19.7 Å². The van der Waals surface area contributed by atoms with E-state index < -0.39 is 34.6 Å². The molecule has 1 fully saturated rings. The Hall–Kier alpha value is -3.44. The average molecular weight is 413 g/mol. The first-order valence-corrected chi connectivity index (χ1v) is 10.3. The second-order valence-electron chi connectivity index (χ2n) is 9.45. The first kappa shape index (κ1) is 20.8. The van der Waals surface area contributed by atoms with Gasteiger partial charge in [-0.2, -0.15) is 10.5 Å². The molecule has 2 heterocycles. The molecule has 0 saturated carbocycles. The van der Waals surface area contributed by atoms with Crippen LogP contribution in [-0.2, 0) is 4.79 Å². The number of rotatable bonds is 2. The number of aryl methyl sites for hydroxylation is 1. The molecule has 0 aromatic heterocycles. The van der Waals surface area contributed by atoms with Crippen molar-refractivity contribution in [3.63, 3.8) is 0 Å². The predicted molar refractivity (Wildman–Crippen MR) is 118 cm³/mol. The maximum atomic E-state index is 13.8. The van der Waals surface area contributed by atoms with E-state index in [0.29, 0.717) is 5.56 Å². The van der Waals surface area contributed by atoms with Crippen LogP contribution in [-0.4, -0.2) is 17.9 Å². The van der Waals surface area contributed by atoms with Crippen LogP contribution in [0.3, 0.4) is 0 Å². The topological polar surface area (TPSA) is 67.9 Å². The molecule has 2 aliphatic heterocycles. The third-order valence-corrected chi connectivity index (χ3v) is 6.40. The Morgan fingerprint density at radius 1 is 1.10 bits per heavy atom. The van der Waals surface area contributed by atoms with Crippen molar-refractivity contribution in [1.29, 1.82) is 10.5 Å². The summed E-state index contributed by atoms with van der Waals surface area (Å²) in [6, 6.07) is 15.0. The number of hydrogen-bond acceptors (Lipinski definition) is 4. The summed E-state index contributed by atoms with van der Waals surface area (Å²) in [6.45, 7) is 7.54. The van der Waals surface area contributed by atoms with E-state index >= 15 is 0 Å². The Labute approximate surface area is 182 Å². The van der Waals surface area contributed by atoms with Crippen molar-refractivity contribution in [2.24, 2.45) is 10.8 Å². The van der Waals surface area contributed by atoms with Gasteiger partial charge in [0.25, 0.3) is 0 Å². The van der Waals surface area contributed by atoms with Crippen LogP contribution < -0.4 is 4.90 Å². The van der Waals surface area contributed by atoms with Gasteiger partial charge in [0.1, 0.15) is 5.82 Å². The molecule has 0 bridgehead atoms. The van der Waals surface area contributed by atoms with Crippen molar-refractivity contribution >= 4 is 17.5 Å². The maximum Gasteiger partial charge on any atom is 0.176 e. The molecular weight excluding hydrogens is 389 g/mol. The fourth-order valence-electron chi connectivity index (χ4n) is 4.90. The van der Waals surface area contributed by atoms with Gasteiger partial charge in [-0.25, -0.2) is 4.39 Å². The zero-order chi connectivity index (χ0) is 22.6. The largest absolute Gasteiger partial charge is 0.351 e. The lowest BCUT2D eigenvalue weighted by Gasteiger charge is -2.37. The molecule has 0 radical (unpaired) electrons. The molecule has 156 valence electrons. The first-order valence-electron chi connectivity index (χ1n) is 10.3. The molecular formula is C26H24FN3O. The maximum absolute atomic E-state index is 13.8. The average Bonchev–Trinajstić information content (AvgIpc) is 3.03. The number of nitriles is 2. The molecule has 31 heavy (non-hydrogen) atoms. The number of carbonyl (C=O) groups excluding carboxylic acids is 1. The van der Waals surface area contributed by atoms with Gasteiger partial charge in [0, 0.05) is 17.0 Å². The quantitative estimate of drug-likeness (QED) is 0.683. The Kier molecular flexibility index (Phi) is 4.74. The monoisotopic (exact) mass is 413 g/mol. The van der Waals surface area contributed by atoms with Crippen LogP contribution in [0.1, 0.15) is 43.4 Å². The molecule has 1 saturated heterocycles. The van der Waals surface area contributed by atoms with E-state index in [1.165, 1.54) is 12.1 Å². The predicted octanol–water partition coefficient (Wildman–Crippen LogP) is 5.15. The number of Topliss-reactive ketones (excluding diaryl/α,β-unsaturated/α-hetero) is 1. The number of carbonyl (C=O) groups is 1. The summed E-state index contributed by atoms with van der Waals surface area (Å²) in [4.78, 5) is 15.8. The van der Waals surface area contributed by atoms with Gasteiger partial charge in [0.05, 0.1) is 24.2 Å². The highest BCUT2D eigenvalue weighted by molar-refractivity contribution is 5.96. The fraction of sp³-hybridized carbons (Fsp3) is 0.346. The molecule has 4 rings (SSSR count). The highest BCUT2D eigenvalue weighted by Gasteiger charge is 2.64. The normalized spacial score (nSPS) is 23.5.